The van der Waals surface area contributed by atoms with E-state index >= 15 is 0 Å². The van der Waals surface area contributed by atoms with E-state index in [0.29, 0.717) is 13.2 Å². The van der Waals surface area contributed by atoms with E-state index in [1.165, 1.54) is 0 Å². The van der Waals surface area contributed by atoms with Crippen LogP contribution in [0.25, 0.3) is 0 Å². The summed E-state index contributed by atoms with van der Waals surface area (Å²) < 4.78 is 67.3. The molecule has 0 amide bonds. The van der Waals surface area contributed by atoms with Crippen LogP contribution in [0.5, 0.6) is 0 Å². The number of rotatable bonds is 24. The molecule has 2 fully saturated rings. The highest BCUT2D eigenvalue weighted by molar-refractivity contribution is 5.18. The van der Waals surface area contributed by atoms with Crippen LogP contribution in [0, 0.1) is 0 Å². The van der Waals surface area contributed by atoms with E-state index < -0.39 is 61.4 Å². The van der Waals surface area contributed by atoms with E-state index in [2.05, 4.69) is 0 Å². The van der Waals surface area contributed by atoms with Crippen molar-refractivity contribution in [3.63, 3.8) is 0 Å². The monoisotopic (exact) mass is 896 g/mol. The molecule has 0 aliphatic carbocycles. The Hall–Kier alpha value is -5.12. The van der Waals surface area contributed by atoms with Crippen molar-refractivity contribution in [3.8, 4) is 0 Å². The molecular formula is C55H60O11. The molecule has 2 heterocycles. The Morgan fingerprint density at radius 2 is 0.818 bits per heavy atom. The van der Waals surface area contributed by atoms with Gasteiger partial charge in [0.05, 0.1) is 52.9 Å². The predicted octanol–water partition coefficient (Wildman–Crippen LogP) is 8.60. The molecule has 10 atom stereocenters. The summed E-state index contributed by atoms with van der Waals surface area (Å²) in [4.78, 5) is 0. The van der Waals surface area contributed by atoms with Crippen LogP contribution < -0.4 is 0 Å². The fraction of sp³-hybridized carbons (Fsp3) is 0.345. The zero-order valence-corrected chi connectivity index (χ0v) is 37.3. The smallest absolute Gasteiger partial charge is 0.187 e. The topological polar surface area (TPSA) is 113 Å². The van der Waals surface area contributed by atoms with Gasteiger partial charge in [0, 0.05) is 7.11 Å². The van der Waals surface area contributed by atoms with Crippen LogP contribution in [0.1, 0.15) is 33.4 Å². The van der Waals surface area contributed by atoms with Gasteiger partial charge in [-0.25, -0.2) is 0 Å². The summed E-state index contributed by atoms with van der Waals surface area (Å²) in [6.07, 6.45) is -8.32. The van der Waals surface area contributed by atoms with Crippen LogP contribution in [0.4, 0.5) is 0 Å². The van der Waals surface area contributed by atoms with Crippen LogP contribution in [-0.4, -0.2) is 86.8 Å². The van der Waals surface area contributed by atoms with Gasteiger partial charge in [-0.05, 0) is 33.4 Å². The predicted molar refractivity (Wildman–Crippen MR) is 247 cm³/mol. The molecule has 0 saturated carbocycles. The molecule has 6 aromatic rings. The minimum absolute atomic E-state index is 0.180. The van der Waals surface area contributed by atoms with Gasteiger partial charge >= 0.3 is 0 Å². The van der Waals surface area contributed by atoms with Crippen molar-refractivity contribution in [2.24, 2.45) is 0 Å². The first-order chi connectivity index (χ1) is 32.6. The maximum atomic E-state index is 10.8. The van der Waals surface area contributed by atoms with Gasteiger partial charge in [-0.2, -0.15) is 0 Å². The molecule has 1 N–H and O–H groups in total. The molecule has 0 unspecified atom stereocenters. The van der Waals surface area contributed by atoms with E-state index in [1.54, 1.807) is 7.11 Å². The van der Waals surface area contributed by atoms with Gasteiger partial charge in [0.15, 0.2) is 12.6 Å². The van der Waals surface area contributed by atoms with E-state index in [9.17, 15) is 5.11 Å². The molecule has 66 heavy (non-hydrogen) atoms. The second kappa shape index (κ2) is 25.1. The van der Waals surface area contributed by atoms with Gasteiger partial charge in [-0.15, -0.1) is 0 Å². The average Bonchev–Trinajstić information content (AvgIpc) is 3.72. The van der Waals surface area contributed by atoms with E-state index in [4.69, 9.17) is 47.4 Å². The first-order valence-corrected chi connectivity index (χ1v) is 22.6. The molecule has 2 aliphatic heterocycles. The number of hydrogen-bond acceptors (Lipinski definition) is 11. The third-order valence-corrected chi connectivity index (χ3v) is 11.7. The van der Waals surface area contributed by atoms with Crippen molar-refractivity contribution in [3.05, 3.63) is 215 Å². The quantitative estimate of drug-likeness (QED) is 0.0631. The molecule has 8 rings (SSSR count). The Bertz CT molecular complexity index is 2220. The Balaban J connectivity index is 1.14. The molecule has 0 aromatic heterocycles. The second-order valence-corrected chi connectivity index (χ2v) is 16.4. The third kappa shape index (κ3) is 13.3. The highest BCUT2D eigenvalue weighted by Gasteiger charge is 2.55. The normalized spacial score (nSPS) is 24.5. The first kappa shape index (κ1) is 47.4. The Morgan fingerprint density at radius 1 is 0.424 bits per heavy atom. The molecule has 11 heteroatoms. The van der Waals surface area contributed by atoms with Gasteiger partial charge < -0.3 is 52.5 Å². The molecule has 0 radical (unpaired) electrons. The number of ether oxygens (including phenoxy) is 10. The Morgan fingerprint density at radius 3 is 1.26 bits per heavy atom. The summed E-state index contributed by atoms with van der Waals surface area (Å²) >= 11 is 0. The zero-order valence-electron chi connectivity index (χ0n) is 37.3. The van der Waals surface area contributed by atoms with Crippen LogP contribution >= 0.6 is 0 Å². The molecule has 2 aliphatic rings. The number of methoxy groups -OCH3 is 1. The largest absolute Gasteiger partial charge is 0.394 e. The highest BCUT2D eigenvalue weighted by Crippen LogP contribution is 2.37. The summed E-state index contributed by atoms with van der Waals surface area (Å²) in [6.45, 7) is 1.48. The van der Waals surface area contributed by atoms with Gasteiger partial charge in [0.2, 0.25) is 0 Å². The van der Waals surface area contributed by atoms with Crippen molar-refractivity contribution in [2.45, 2.75) is 101 Å². The lowest BCUT2D eigenvalue weighted by molar-refractivity contribution is -0.347. The van der Waals surface area contributed by atoms with E-state index in [0.717, 1.165) is 33.4 Å². The highest BCUT2D eigenvalue weighted by atomic mass is 16.8. The summed E-state index contributed by atoms with van der Waals surface area (Å²) in [7, 11) is 1.54. The summed E-state index contributed by atoms with van der Waals surface area (Å²) in [5.41, 5.74) is 5.87. The van der Waals surface area contributed by atoms with E-state index in [1.807, 2.05) is 182 Å². The first-order valence-electron chi connectivity index (χ1n) is 22.6. The zero-order chi connectivity index (χ0) is 45.2. The fourth-order valence-electron chi connectivity index (χ4n) is 8.28. The standard InChI is InChI=1S/C55H60O11/c1-57-54-53(50(61-36-43-26-14-5-15-27-43)48(46(32-56)64-54)60-35-42-24-12-4-13-25-42)66-55-52(63-38-45-30-18-7-19-31-45)51(62-37-44-28-16-6-17-29-44)49(65-55)47(59-34-41-22-10-3-11-23-41)39-58-33-40-20-8-2-9-21-40/h2-31,46-56H,32-39H2,1H3/t46-,47-,48-,49+,50+,51+,52-,53+,54+,55-/m1/s1. The molecular weight excluding hydrogens is 837 g/mol. The maximum absolute atomic E-state index is 10.8. The maximum Gasteiger partial charge on any atom is 0.187 e. The van der Waals surface area contributed by atoms with Crippen molar-refractivity contribution in [1.29, 1.82) is 0 Å². The van der Waals surface area contributed by atoms with E-state index in [-0.39, 0.29) is 39.6 Å². The van der Waals surface area contributed by atoms with Crippen molar-refractivity contribution < 1.29 is 52.5 Å². The molecule has 346 valence electrons. The van der Waals surface area contributed by atoms with Gasteiger partial charge in [-0.1, -0.05) is 182 Å². The Labute approximate surface area is 388 Å². The minimum atomic E-state index is -1.06. The van der Waals surface area contributed by atoms with Crippen LogP contribution in [0.15, 0.2) is 182 Å². The molecule has 11 nitrogen and oxygen atoms in total. The fourth-order valence-corrected chi connectivity index (χ4v) is 8.28. The number of aliphatic hydroxyl groups excluding tert-OH is 1. The lowest BCUT2D eigenvalue weighted by Crippen LogP contribution is -2.62. The molecule has 6 aromatic carbocycles. The third-order valence-electron chi connectivity index (χ3n) is 11.7. The molecule has 2 saturated heterocycles. The lowest BCUT2D eigenvalue weighted by atomic mass is 9.97. The summed E-state index contributed by atoms with van der Waals surface area (Å²) in [6, 6.07) is 59.7. The van der Waals surface area contributed by atoms with Crippen molar-refractivity contribution in [1.82, 2.24) is 0 Å². The van der Waals surface area contributed by atoms with Gasteiger partial charge in [0.1, 0.15) is 48.8 Å². The number of benzene rings is 6. The summed E-state index contributed by atoms with van der Waals surface area (Å²) in [5, 5.41) is 10.8. The van der Waals surface area contributed by atoms with Crippen LogP contribution in [0.2, 0.25) is 0 Å². The van der Waals surface area contributed by atoms with Crippen LogP contribution in [0.3, 0.4) is 0 Å². The summed E-state index contributed by atoms with van der Waals surface area (Å²) in [5.74, 6) is 0. The van der Waals surface area contributed by atoms with Gasteiger partial charge in [0.25, 0.3) is 0 Å². The van der Waals surface area contributed by atoms with Gasteiger partial charge in [-0.3, -0.25) is 0 Å². The lowest BCUT2D eigenvalue weighted by Gasteiger charge is -2.46. The number of aliphatic hydroxyl groups is 1. The van der Waals surface area contributed by atoms with Crippen LogP contribution in [-0.2, 0) is 87.0 Å². The van der Waals surface area contributed by atoms with Crippen molar-refractivity contribution in [2.75, 3.05) is 20.3 Å². The minimum Gasteiger partial charge on any atom is -0.394 e. The van der Waals surface area contributed by atoms with Crippen molar-refractivity contribution >= 4 is 0 Å². The Kier molecular flexibility index (Phi) is 18.0. The second-order valence-electron chi connectivity index (χ2n) is 16.4. The molecule has 0 spiro atoms. The SMILES string of the molecule is CO[C@H]1O[C@H](CO)[C@@H](OCc2ccccc2)[C@H](OCc2ccccc2)[C@@H]1O[C@H]1O[C@@H]([C@@H](COCc2ccccc2)OCc2ccccc2)[C@H](OCc2ccccc2)[C@H]1OCc1ccccc1. The average molecular weight is 897 g/mol. The molecule has 0 bridgehead atoms. The number of hydrogen-bond donors (Lipinski definition) is 1.